The zero-order valence-corrected chi connectivity index (χ0v) is 5.34. The zero-order valence-electron chi connectivity index (χ0n) is 3.18. The fourth-order valence-electron chi connectivity index (χ4n) is 0.0563. The van der Waals surface area contributed by atoms with Crippen molar-refractivity contribution in [1.82, 2.24) is 8.92 Å². The van der Waals surface area contributed by atoms with Crippen LogP contribution in [0.4, 0.5) is 0 Å². The highest BCUT2D eigenvalue weighted by atomic mass is 127. The lowest BCUT2D eigenvalue weighted by atomic mass is 11.6. The molecular formula is CH5IN2O2. The van der Waals surface area contributed by atoms with Crippen molar-refractivity contribution >= 4 is 22.9 Å². The van der Waals surface area contributed by atoms with E-state index in [2.05, 4.69) is 4.94 Å². The maximum Gasteiger partial charge on any atom is 0.0513 e. The van der Waals surface area contributed by atoms with Gasteiger partial charge in [-0.15, -0.1) is 3.28 Å². The molecule has 0 spiro atoms. The molecule has 5 heteroatoms. The minimum atomic E-state index is 1.29. The van der Waals surface area contributed by atoms with Crippen molar-refractivity contribution in [3.05, 3.63) is 0 Å². The molecule has 0 aromatic rings. The van der Waals surface area contributed by atoms with Gasteiger partial charge in [0.1, 0.15) is 0 Å². The van der Waals surface area contributed by atoms with E-state index in [-0.39, 0.29) is 0 Å². The van der Waals surface area contributed by atoms with Gasteiger partial charge in [-0.1, -0.05) is 5.64 Å². The molecule has 0 saturated heterocycles. The molecular weight excluding hydrogens is 199 g/mol. The second kappa shape index (κ2) is 3.75. The van der Waals surface area contributed by atoms with E-state index in [9.17, 15) is 0 Å². The van der Waals surface area contributed by atoms with Gasteiger partial charge in [0.2, 0.25) is 0 Å². The van der Waals surface area contributed by atoms with Gasteiger partial charge in [0.15, 0.2) is 0 Å². The van der Waals surface area contributed by atoms with Crippen LogP contribution in [0.2, 0.25) is 0 Å². The molecule has 0 aliphatic heterocycles. The number of rotatable bonds is 2. The molecule has 38 valence electrons. The van der Waals surface area contributed by atoms with Crippen LogP contribution in [-0.4, -0.2) is 15.5 Å². The van der Waals surface area contributed by atoms with Crippen LogP contribution in [0.25, 0.3) is 0 Å². The Morgan fingerprint density at radius 3 is 2.50 bits per heavy atom. The van der Waals surface area contributed by atoms with Gasteiger partial charge in [-0.3, -0.25) is 5.21 Å². The molecule has 0 fully saturated rings. The van der Waals surface area contributed by atoms with Gasteiger partial charge in [0.05, 0.1) is 22.9 Å². The van der Waals surface area contributed by atoms with E-state index in [1.54, 1.807) is 7.05 Å². The molecule has 0 unspecified atom stereocenters. The minimum Gasteiger partial charge on any atom is -0.291 e. The SMILES string of the molecule is CN(I)ONO. The first kappa shape index (κ1) is 6.57. The molecule has 0 aromatic carbocycles. The first-order valence-corrected chi connectivity index (χ1v) is 2.19. The molecule has 0 bridgehead atoms. The number of nitrogens with zero attached hydrogens (tertiary/aromatic N) is 1. The van der Waals surface area contributed by atoms with Gasteiger partial charge >= 0.3 is 0 Å². The summed E-state index contributed by atoms with van der Waals surface area (Å²) < 4.78 is 1.29. The van der Waals surface area contributed by atoms with Gasteiger partial charge in [0.25, 0.3) is 0 Å². The van der Waals surface area contributed by atoms with Gasteiger partial charge in [0, 0.05) is 7.05 Å². The Labute approximate surface area is 49.4 Å². The Hall–Kier alpha value is 0.570. The van der Waals surface area contributed by atoms with Crippen LogP contribution < -0.4 is 5.64 Å². The quantitative estimate of drug-likeness (QED) is 0.380. The summed E-state index contributed by atoms with van der Waals surface area (Å²) in [5.41, 5.74) is 1.49. The zero-order chi connectivity index (χ0) is 4.99. The molecule has 4 nitrogen and oxygen atoms in total. The third-order valence-corrected chi connectivity index (χ3v) is 0.364. The Morgan fingerprint density at radius 2 is 2.50 bits per heavy atom. The van der Waals surface area contributed by atoms with E-state index >= 15 is 0 Å². The van der Waals surface area contributed by atoms with E-state index in [1.165, 1.54) is 8.92 Å². The predicted octanol–water partition coefficient (Wildman–Crippen LogP) is 0.0936. The monoisotopic (exact) mass is 204 g/mol. The molecule has 0 saturated carbocycles. The van der Waals surface area contributed by atoms with Crippen molar-refractivity contribution in [2.75, 3.05) is 7.05 Å². The van der Waals surface area contributed by atoms with E-state index in [4.69, 9.17) is 5.21 Å². The van der Waals surface area contributed by atoms with Crippen LogP contribution >= 0.6 is 22.9 Å². The first-order valence-electron chi connectivity index (χ1n) is 1.23. The van der Waals surface area contributed by atoms with E-state index in [0.29, 0.717) is 0 Å². The largest absolute Gasteiger partial charge is 0.291 e. The maximum atomic E-state index is 7.72. The van der Waals surface area contributed by atoms with Crippen molar-refractivity contribution in [2.24, 2.45) is 0 Å². The van der Waals surface area contributed by atoms with Crippen LogP contribution in [0.15, 0.2) is 0 Å². The molecule has 0 rings (SSSR count). The summed E-state index contributed by atoms with van der Waals surface area (Å²) >= 11 is 1.83. The minimum absolute atomic E-state index is 1.29. The highest BCUT2D eigenvalue weighted by Gasteiger charge is 1.81. The smallest absolute Gasteiger partial charge is 0.0513 e. The molecule has 6 heavy (non-hydrogen) atoms. The van der Waals surface area contributed by atoms with Crippen molar-refractivity contribution in [3.63, 3.8) is 0 Å². The summed E-state index contributed by atoms with van der Waals surface area (Å²) in [4.78, 5) is 4.17. The average Bonchev–Trinajstić information content (AvgIpc) is 1.35. The Bertz CT molecular complexity index is 32.7. The predicted molar refractivity (Wildman–Crippen MR) is 27.8 cm³/mol. The molecule has 2 N–H and O–H groups in total. The fraction of sp³-hybridized carbons (Fsp3) is 1.00. The molecule has 0 atom stereocenters. The van der Waals surface area contributed by atoms with Crippen LogP contribution in [0, 0.1) is 0 Å². The second-order valence-corrected chi connectivity index (χ2v) is 1.96. The molecule has 0 aliphatic carbocycles. The van der Waals surface area contributed by atoms with Gasteiger partial charge < -0.3 is 0 Å². The summed E-state index contributed by atoms with van der Waals surface area (Å²) in [6.07, 6.45) is 0. The van der Waals surface area contributed by atoms with Crippen molar-refractivity contribution < 1.29 is 10.1 Å². The molecule has 0 radical (unpaired) electrons. The first-order chi connectivity index (χ1) is 2.77. The van der Waals surface area contributed by atoms with Crippen molar-refractivity contribution in [3.8, 4) is 0 Å². The van der Waals surface area contributed by atoms with Crippen molar-refractivity contribution in [1.29, 1.82) is 0 Å². The average molecular weight is 204 g/mol. The van der Waals surface area contributed by atoms with Gasteiger partial charge in [-0.2, -0.15) is 4.94 Å². The van der Waals surface area contributed by atoms with Gasteiger partial charge in [-0.05, 0) is 0 Å². The highest BCUT2D eigenvalue weighted by molar-refractivity contribution is 14.1. The number of hydroxylamine groups is 1. The third-order valence-electron chi connectivity index (χ3n) is 0.167. The Morgan fingerprint density at radius 1 is 2.00 bits per heavy atom. The topological polar surface area (TPSA) is 44.7 Å². The highest BCUT2D eigenvalue weighted by Crippen LogP contribution is 1.87. The van der Waals surface area contributed by atoms with Crippen LogP contribution in [0.1, 0.15) is 0 Å². The molecule has 0 heterocycles. The summed E-state index contributed by atoms with van der Waals surface area (Å²) in [5.74, 6) is 0. The summed E-state index contributed by atoms with van der Waals surface area (Å²) in [7, 11) is 1.63. The summed E-state index contributed by atoms with van der Waals surface area (Å²) in [6, 6.07) is 0. The second-order valence-electron chi connectivity index (χ2n) is 0.603. The molecule has 0 amide bonds. The lowest BCUT2D eigenvalue weighted by Gasteiger charge is -2.00. The summed E-state index contributed by atoms with van der Waals surface area (Å²) in [6.45, 7) is 0. The fourth-order valence-corrected chi connectivity index (χ4v) is 0.144. The van der Waals surface area contributed by atoms with E-state index < -0.39 is 0 Å². The summed E-state index contributed by atoms with van der Waals surface area (Å²) in [5, 5.41) is 7.72. The normalized spacial score (nSPS) is 10.0. The Kier molecular flexibility index (Phi) is 4.11. The van der Waals surface area contributed by atoms with Crippen LogP contribution in [0.5, 0.6) is 0 Å². The number of halogens is 1. The lowest BCUT2D eigenvalue weighted by Crippen LogP contribution is -2.16. The van der Waals surface area contributed by atoms with Crippen LogP contribution in [-0.2, 0) is 4.94 Å². The van der Waals surface area contributed by atoms with E-state index in [1.807, 2.05) is 22.9 Å². The van der Waals surface area contributed by atoms with Gasteiger partial charge in [-0.25, -0.2) is 0 Å². The lowest BCUT2D eigenvalue weighted by molar-refractivity contribution is -0.218. The number of hydrogen-bond donors (Lipinski definition) is 2. The number of nitrogens with one attached hydrogen (secondary N) is 1. The van der Waals surface area contributed by atoms with Crippen LogP contribution in [0.3, 0.4) is 0 Å². The van der Waals surface area contributed by atoms with Crippen molar-refractivity contribution in [2.45, 2.75) is 0 Å². The molecule has 0 aliphatic rings. The number of hydrogen-bond acceptors (Lipinski definition) is 4. The standard InChI is InChI=1S/CH5IN2O2/c1-4(2)6-3-5/h3,5H,1H3. The third kappa shape index (κ3) is 4.57. The van der Waals surface area contributed by atoms with E-state index in [0.717, 1.165) is 0 Å². The molecule has 0 aromatic heterocycles. The Balaban J connectivity index is 2.63. The maximum absolute atomic E-state index is 7.72.